The van der Waals surface area contributed by atoms with Gasteiger partial charge in [-0.25, -0.2) is 4.39 Å². The summed E-state index contributed by atoms with van der Waals surface area (Å²) in [5.41, 5.74) is 5.78. The summed E-state index contributed by atoms with van der Waals surface area (Å²) in [5.74, 6) is 0.0384. The highest BCUT2D eigenvalue weighted by molar-refractivity contribution is 5.68. The smallest absolute Gasteiger partial charge is 0.123 e. The van der Waals surface area contributed by atoms with E-state index in [1.165, 1.54) is 6.07 Å². The Bertz CT molecular complexity index is 873. The van der Waals surface area contributed by atoms with Crippen molar-refractivity contribution in [3.63, 3.8) is 0 Å². The second kappa shape index (κ2) is 6.75. The van der Waals surface area contributed by atoms with Crippen molar-refractivity contribution in [3.05, 3.63) is 83.2 Å². The van der Waals surface area contributed by atoms with E-state index in [-0.39, 0.29) is 11.6 Å². The van der Waals surface area contributed by atoms with Crippen molar-refractivity contribution in [2.24, 2.45) is 0 Å². The highest BCUT2D eigenvalue weighted by Gasteiger charge is 2.09. The summed E-state index contributed by atoms with van der Waals surface area (Å²) < 4.78 is 13.5. The second-order valence-corrected chi connectivity index (χ2v) is 5.92. The molecule has 2 nitrogen and oxygen atoms in total. The van der Waals surface area contributed by atoms with Gasteiger partial charge in [-0.3, -0.25) is 0 Å². The van der Waals surface area contributed by atoms with Crippen molar-refractivity contribution in [1.82, 2.24) is 0 Å². The molecule has 122 valence electrons. The second-order valence-electron chi connectivity index (χ2n) is 5.92. The molecule has 0 saturated heterocycles. The highest BCUT2D eigenvalue weighted by atomic mass is 19.1. The Morgan fingerprint density at radius 1 is 0.958 bits per heavy atom. The zero-order valence-electron chi connectivity index (χ0n) is 13.8. The first-order chi connectivity index (χ1) is 11.6. The number of halogens is 1. The lowest BCUT2D eigenvalue weighted by atomic mass is 9.99. The van der Waals surface area contributed by atoms with Crippen molar-refractivity contribution < 1.29 is 9.50 Å². The van der Waals surface area contributed by atoms with E-state index in [1.54, 1.807) is 18.2 Å². The molecule has 0 radical (unpaired) electrons. The molecule has 3 rings (SSSR count). The average molecular weight is 321 g/mol. The van der Waals surface area contributed by atoms with Crippen LogP contribution in [0.15, 0.2) is 60.7 Å². The highest BCUT2D eigenvalue weighted by Crippen LogP contribution is 2.30. The van der Waals surface area contributed by atoms with Gasteiger partial charge < -0.3 is 10.4 Å². The lowest BCUT2D eigenvalue weighted by Crippen LogP contribution is -2.04. The van der Waals surface area contributed by atoms with Gasteiger partial charge in [-0.15, -0.1) is 0 Å². The van der Waals surface area contributed by atoms with Gasteiger partial charge in [0.25, 0.3) is 0 Å². The number of phenols is 1. The molecule has 0 aromatic heterocycles. The summed E-state index contributed by atoms with van der Waals surface area (Å²) in [6.45, 7) is 4.49. The quantitative estimate of drug-likeness (QED) is 0.672. The molecule has 0 atom stereocenters. The number of rotatable bonds is 4. The van der Waals surface area contributed by atoms with Crippen LogP contribution in [0.3, 0.4) is 0 Å². The Morgan fingerprint density at radius 3 is 2.54 bits per heavy atom. The lowest BCUT2D eigenvalue weighted by Gasteiger charge is -2.16. The minimum Gasteiger partial charge on any atom is -0.508 e. The Balaban J connectivity index is 1.91. The number of nitrogens with one attached hydrogen (secondary N) is 1. The summed E-state index contributed by atoms with van der Waals surface area (Å²) in [4.78, 5) is 0. The van der Waals surface area contributed by atoms with Gasteiger partial charge in [0.1, 0.15) is 11.6 Å². The summed E-state index contributed by atoms with van der Waals surface area (Å²) in [7, 11) is 0. The molecule has 3 aromatic carbocycles. The molecule has 0 spiro atoms. The number of hydrogen-bond donors (Lipinski definition) is 2. The molecule has 3 aromatic rings. The third-order valence-electron chi connectivity index (χ3n) is 4.25. The zero-order chi connectivity index (χ0) is 17.1. The SMILES string of the molecule is Cc1ccc(O)c(C)c1NCc1ccccc1-c1cccc(F)c1. The van der Waals surface area contributed by atoms with Crippen LogP contribution < -0.4 is 5.32 Å². The molecule has 0 aliphatic heterocycles. The van der Waals surface area contributed by atoms with Crippen LogP contribution in [-0.2, 0) is 6.54 Å². The van der Waals surface area contributed by atoms with Crippen LogP contribution in [-0.4, -0.2) is 5.11 Å². The fourth-order valence-electron chi connectivity index (χ4n) is 2.90. The van der Waals surface area contributed by atoms with Crippen LogP contribution in [0, 0.1) is 19.7 Å². The van der Waals surface area contributed by atoms with Crippen LogP contribution in [0.4, 0.5) is 10.1 Å². The Morgan fingerprint density at radius 2 is 1.75 bits per heavy atom. The normalized spacial score (nSPS) is 10.6. The number of hydrogen-bond acceptors (Lipinski definition) is 2. The summed E-state index contributed by atoms with van der Waals surface area (Å²) in [6, 6.07) is 18.2. The number of aromatic hydroxyl groups is 1. The van der Waals surface area contributed by atoms with Gasteiger partial charge >= 0.3 is 0 Å². The van der Waals surface area contributed by atoms with E-state index >= 15 is 0 Å². The minimum atomic E-state index is -0.241. The van der Waals surface area contributed by atoms with E-state index in [4.69, 9.17) is 0 Å². The van der Waals surface area contributed by atoms with E-state index in [0.29, 0.717) is 6.54 Å². The molecule has 24 heavy (non-hydrogen) atoms. The van der Waals surface area contributed by atoms with E-state index in [1.807, 2.05) is 50.2 Å². The molecule has 0 saturated carbocycles. The maximum absolute atomic E-state index is 13.5. The predicted molar refractivity (Wildman–Crippen MR) is 96.7 cm³/mol. The van der Waals surface area contributed by atoms with E-state index < -0.39 is 0 Å². The maximum atomic E-state index is 13.5. The van der Waals surface area contributed by atoms with Gasteiger partial charge in [0, 0.05) is 17.8 Å². The molecule has 3 heteroatoms. The van der Waals surface area contributed by atoms with Crippen LogP contribution in [0.2, 0.25) is 0 Å². The van der Waals surface area contributed by atoms with Crippen LogP contribution >= 0.6 is 0 Å². The van der Waals surface area contributed by atoms with Crippen molar-refractivity contribution in [1.29, 1.82) is 0 Å². The topological polar surface area (TPSA) is 32.3 Å². The zero-order valence-corrected chi connectivity index (χ0v) is 13.8. The van der Waals surface area contributed by atoms with Crippen LogP contribution in [0.25, 0.3) is 11.1 Å². The first kappa shape index (κ1) is 16.1. The summed E-state index contributed by atoms with van der Waals surface area (Å²) in [5, 5.41) is 13.3. The number of benzene rings is 3. The third kappa shape index (κ3) is 3.25. The molecule has 0 unspecified atom stereocenters. The molecular weight excluding hydrogens is 301 g/mol. The molecule has 2 N–H and O–H groups in total. The van der Waals surface area contributed by atoms with Gasteiger partial charge in [-0.05, 0) is 54.3 Å². The average Bonchev–Trinajstić information content (AvgIpc) is 2.59. The first-order valence-corrected chi connectivity index (χ1v) is 7.93. The Hall–Kier alpha value is -2.81. The first-order valence-electron chi connectivity index (χ1n) is 7.93. The summed E-state index contributed by atoms with van der Waals surface area (Å²) in [6.07, 6.45) is 0. The number of phenolic OH excluding ortho intramolecular Hbond substituents is 1. The molecule has 0 amide bonds. The third-order valence-corrected chi connectivity index (χ3v) is 4.25. The maximum Gasteiger partial charge on any atom is 0.123 e. The standard InChI is InChI=1S/C21H20FNO/c1-14-10-11-20(24)15(2)21(14)23-13-17-6-3-4-9-19(17)16-7-5-8-18(22)12-16/h3-12,23-24H,13H2,1-2H3. The molecule has 0 heterocycles. The van der Waals surface area contributed by atoms with E-state index in [2.05, 4.69) is 5.32 Å². The van der Waals surface area contributed by atoms with Gasteiger partial charge in [-0.1, -0.05) is 42.5 Å². The van der Waals surface area contributed by atoms with Crippen molar-refractivity contribution in [2.45, 2.75) is 20.4 Å². The van der Waals surface area contributed by atoms with Crippen molar-refractivity contribution in [2.75, 3.05) is 5.32 Å². The summed E-state index contributed by atoms with van der Waals surface area (Å²) >= 11 is 0. The van der Waals surface area contributed by atoms with Crippen LogP contribution in [0.1, 0.15) is 16.7 Å². The fraction of sp³-hybridized carbons (Fsp3) is 0.143. The van der Waals surface area contributed by atoms with Crippen molar-refractivity contribution >= 4 is 5.69 Å². The predicted octanol–water partition coefficient (Wildman–Crippen LogP) is 5.43. The van der Waals surface area contributed by atoms with E-state index in [0.717, 1.165) is 33.5 Å². The Labute approximate surface area is 141 Å². The number of anilines is 1. The molecule has 0 aliphatic rings. The molecule has 0 aliphatic carbocycles. The fourth-order valence-corrected chi connectivity index (χ4v) is 2.90. The minimum absolute atomic E-state index is 0.241. The van der Waals surface area contributed by atoms with Gasteiger partial charge in [0.2, 0.25) is 0 Å². The Kier molecular flexibility index (Phi) is 4.52. The van der Waals surface area contributed by atoms with E-state index in [9.17, 15) is 9.50 Å². The lowest BCUT2D eigenvalue weighted by molar-refractivity contribution is 0.471. The molecule has 0 bridgehead atoms. The van der Waals surface area contributed by atoms with Crippen LogP contribution in [0.5, 0.6) is 5.75 Å². The van der Waals surface area contributed by atoms with Gasteiger partial charge in [-0.2, -0.15) is 0 Å². The molecule has 0 fully saturated rings. The van der Waals surface area contributed by atoms with Crippen molar-refractivity contribution in [3.8, 4) is 16.9 Å². The largest absolute Gasteiger partial charge is 0.508 e. The number of aryl methyl sites for hydroxylation is 1. The van der Waals surface area contributed by atoms with Gasteiger partial charge in [0.05, 0.1) is 0 Å². The van der Waals surface area contributed by atoms with Gasteiger partial charge in [0.15, 0.2) is 0 Å². The monoisotopic (exact) mass is 321 g/mol. The molecular formula is C21H20FNO.